The largest absolute Gasteiger partial charge is 0 e. The van der Waals surface area contributed by atoms with Crippen LogP contribution in [-0.2, 0) is 0 Å². The molecule has 0 aliphatic rings. The van der Waals surface area contributed by atoms with Crippen LogP contribution in [0.5, 0.6) is 0 Å². The molecule has 0 aromatic rings. The molecule has 0 unspecified atom stereocenters. The van der Waals surface area contributed by atoms with Gasteiger partial charge in [0.25, 0.3) is 0 Å². The summed E-state index contributed by atoms with van der Waals surface area (Å²) >= 11 is 0.149. The van der Waals surface area contributed by atoms with Gasteiger partial charge in [0, 0.05) is 13.5 Å². The number of rotatable bonds is 6. The van der Waals surface area contributed by atoms with Gasteiger partial charge in [-0.25, -0.2) is 0 Å². The zero-order chi connectivity index (χ0) is 6.95. The first-order valence-corrected chi connectivity index (χ1v) is 8.16. The first-order valence-electron chi connectivity index (χ1n) is 4.12. The van der Waals surface area contributed by atoms with E-state index in [1.54, 1.807) is 8.87 Å². The molecular formula is C8H18SSn. The fraction of sp³-hybridized carbons (Fsp3) is 1.00. The molecule has 0 rings (SSSR count). The average Bonchev–Trinajstić information content (AvgIpc) is 1.89. The fourth-order valence-electron chi connectivity index (χ4n) is 0.729. The number of hydrogen-bond acceptors (Lipinski definition) is 0. The van der Waals surface area contributed by atoms with E-state index in [9.17, 15) is 0 Å². The normalized spacial score (nSPS) is 9.00. The molecule has 2 heteroatoms. The van der Waals surface area contributed by atoms with Crippen LogP contribution in [0.4, 0.5) is 0 Å². The Balaban J connectivity index is 0. The Morgan fingerprint density at radius 1 is 0.900 bits per heavy atom. The van der Waals surface area contributed by atoms with Crippen LogP contribution >= 0.6 is 13.5 Å². The number of unbranched alkanes of at least 4 members (excludes halogenated alkanes) is 2. The molecule has 0 bridgehead atoms. The van der Waals surface area contributed by atoms with Gasteiger partial charge in [-0.15, -0.1) is 0 Å². The van der Waals surface area contributed by atoms with Crippen LogP contribution in [0.2, 0.25) is 8.87 Å². The SMILES string of the molecule is CCC[CH2][Sn][CH2]CCC.[S]. The van der Waals surface area contributed by atoms with Gasteiger partial charge < -0.3 is 0 Å². The summed E-state index contributed by atoms with van der Waals surface area (Å²) < 4.78 is 3.25. The van der Waals surface area contributed by atoms with E-state index in [0.29, 0.717) is 0 Å². The van der Waals surface area contributed by atoms with Gasteiger partial charge in [0.1, 0.15) is 0 Å². The van der Waals surface area contributed by atoms with Crippen LogP contribution in [0.1, 0.15) is 39.5 Å². The minimum absolute atomic E-state index is 0. The third-order valence-corrected chi connectivity index (χ3v) is 5.45. The van der Waals surface area contributed by atoms with Crippen LogP contribution in [0.25, 0.3) is 0 Å². The molecule has 0 aliphatic heterocycles. The average molecular weight is 265 g/mol. The van der Waals surface area contributed by atoms with Crippen molar-refractivity contribution in [1.29, 1.82) is 0 Å². The Hall–Kier alpha value is 1.15. The Labute approximate surface area is 82.8 Å². The van der Waals surface area contributed by atoms with Gasteiger partial charge in [0.05, 0.1) is 0 Å². The maximum atomic E-state index is 2.29. The predicted molar refractivity (Wildman–Crippen MR) is 52.8 cm³/mol. The first-order chi connectivity index (χ1) is 4.41. The monoisotopic (exact) mass is 266 g/mol. The Bertz CT molecular complexity index is 42.5. The molecule has 0 aliphatic carbocycles. The molecule has 0 atom stereocenters. The van der Waals surface area contributed by atoms with Crippen LogP contribution in [-0.4, -0.2) is 21.1 Å². The van der Waals surface area contributed by atoms with Crippen LogP contribution in [0, 0.1) is 0 Å². The Kier molecular flexibility index (Phi) is 17.6. The van der Waals surface area contributed by atoms with Crippen LogP contribution in [0.3, 0.4) is 0 Å². The second-order valence-electron chi connectivity index (χ2n) is 2.46. The van der Waals surface area contributed by atoms with E-state index in [0.717, 1.165) is 0 Å². The van der Waals surface area contributed by atoms with Gasteiger partial charge in [-0.2, -0.15) is 0 Å². The van der Waals surface area contributed by atoms with Crippen molar-refractivity contribution in [2.75, 3.05) is 0 Å². The summed E-state index contributed by atoms with van der Waals surface area (Å²) in [6.07, 6.45) is 5.84. The van der Waals surface area contributed by atoms with Crippen LogP contribution in [0.15, 0.2) is 0 Å². The molecular weight excluding hydrogens is 247 g/mol. The first kappa shape index (κ1) is 13.7. The molecule has 0 nitrogen and oxygen atoms in total. The van der Waals surface area contributed by atoms with Gasteiger partial charge in [-0.1, -0.05) is 0 Å². The summed E-state index contributed by atoms with van der Waals surface area (Å²) in [6, 6.07) is 0. The zero-order valence-corrected chi connectivity index (χ0v) is 10.8. The van der Waals surface area contributed by atoms with E-state index in [-0.39, 0.29) is 34.6 Å². The van der Waals surface area contributed by atoms with Crippen LogP contribution < -0.4 is 0 Å². The van der Waals surface area contributed by atoms with Crippen molar-refractivity contribution in [3.63, 3.8) is 0 Å². The minimum atomic E-state index is 0. The zero-order valence-electron chi connectivity index (χ0n) is 7.15. The molecule has 0 amide bonds. The molecule has 0 aromatic heterocycles. The third kappa shape index (κ3) is 11.9. The standard InChI is InChI=1S/2C4H9.S.Sn/c2*1-3-4-2;;/h2*1,3-4H2,2H3;;. The van der Waals surface area contributed by atoms with Gasteiger partial charge in [-0.05, 0) is 0 Å². The maximum absolute atomic E-state index is 2.29. The van der Waals surface area contributed by atoms with E-state index in [1.165, 1.54) is 25.7 Å². The van der Waals surface area contributed by atoms with E-state index < -0.39 is 0 Å². The van der Waals surface area contributed by atoms with Crippen molar-refractivity contribution in [2.24, 2.45) is 0 Å². The summed E-state index contributed by atoms with van der Waals surface area (Å²) in [4.78, 5) is 0. The smallest absolute Gasteiger partial charge is 0 e. The van der Waals surface area contributed by atoms with Gasteiger partial charge in [-0.3, -0.25) is 0 Å². The molecule has 10 heavy (non-hydrogen) atoms. The van der Waals surface area contributed by atoms with Crippen molar-refractivity contribution in [3.8, 4) is 0 Å². The summed E-state index contributed by atoms with van der Waals surface area (Å²) in [5.41, 5.74) is 0. The summed E-state index contributed by atoms with van der Waals surface area (Å²) in [6.45, 7) is 4.58. The van der Waals surface area contributed by atoms with E-state index in [1.807, 2.05) is 0 Å². The van der Waals surface area contributed by atoms with Crippen molar-refractivity contribution in [3.05, 3.63) is 0 Å². The van der Waals surface area contributed by atoms with Gasteiger partial charge >= 0.3 is 69.5 Å². The molecule has 0 heterocycles. The van der Waals surface area contributed by atoms with Gasteiger partial charge in [0.2, 0.25) is 0 Å². The topological polar surface area (TPSA) is 0 Å². The van der Waals surface area contributed by atoms with Crippen molar-refractivity contribution in [2.45, 2.75) is 48.4 Å². The van der Waals surface area contributed by atoms with E-state index in [4.69, 9.17) is 0 Å². The van der Waals surface area contributed by atoms with Crippen molar-refractivity contribution >= 4 is 34.6 Å². The molecule has 60 valence electrons. The van der Waals surface area contributed by atoms with Gasteiger partial charge in [0.15, 0.2) is 0 Å². The molecule has 0 aromatic carbocycles. The second kappa shape index (κ2) is 12.8. The Morgan fingerprint density at radius 3 is 1.60 bits per heavy atom. The molecule has 0 fully saturated rings. The predicted octanol–water partition coefficient (Wildman–Crippen LogP) is 3.78. The van der Waals surface area contributed by atoms with Crippen molar-refractivity contribution in [1.82, 2.24) is 0 Å². The summed E-state index contributed by atoms with van der Waals surface area (Å²) in [7, 11) is 0. The second-order valence-corrected chi connectivity index (χ2v) is 6.74. The maximum Gasteiger partial charge on any atom is 0 e. The van der Waals surface area contributed by atoms with E-state index in [2.05, 4.69) is 13.8 Å². The van der Waals surface area contributed by atoms with E-state index >= 15 is 0 Å². The summed E-state index contributed by atoms with van der Waals surface area (Å²) in [5.74, 6) is 0. The molecule has 0 spiro atoms. The third-order valence-electron chi connectivity index (χ3n) is 1.41. The van der Waals surface area contributed by atoms with Crippen molar-refractivity contribution < 1.29 is 0 Å². The molecule has 4 radical (unpaired) electrons. The number of hydrogen-bond donors (Lipinski definition) is 0. The molecule has 0 saturated carbocycles. The minimum Gasteiger partial charge on any atom is 0 e. The summed E-state index contributed by atoms with van der Waals surface area (Å²) in [5, 5.41) is 0. The quantitative estimate of drug-likeness (QED) is 0.506. The Morgan fingerprint density at radius 2 is 1.30 bits per heavy atom. The molecule has 0 N–H and O–H groups in total. The fourth-order valence-corrected chi connectivity index (χ4v) is 4.89. The molecule has 0 saturated heterocycles.